The van der Waals surface area contributed by atoms with E-state index >= 15 is 0 Å². The fourth-order valence-electron chi connectivity index (χ4n) is 5.06. The number of pyridine rings is 1. The maximum absolute atomic E-state index is 13.7. The summed E-state index contributed by atoms with van der Waals surface area (Å²) < 4.78 is 27.0. The molecule has 0 radical (unpaired) electrons. The van der Waals surface area contributed by atoms with Crippen LogP contribution < -0.4 is 19.7 Å². The van der Waals surface area contributed by atoms with Crippen LogP contribution in [-0.4, -0.2) is 21.5 Å². The molecule has 2 aromatic carbocycles. The summed E-state index contributed by atoms with van der Waals surface area (Å²) in [4.78, 5) is 6.68. The molecule has 0 amide bonds. The lowest BCUT2D eigenvalue weighted by Gasteiger charge is -2.28. The van der Waals surface area contributed by atoms with Crippen LogP contribution in [0, 0.1) is 19.7 Å². The number of ether oxygens (including phenoxy) is 2. The number of hydrogen-bond acceptors (Lipinski definition) is 4. The first kappa shape index (κ1) is 21.6. The molecule has 1 N–H and O–H groups in total. The third-order valence-electron chi connectivity index (χ3n) is 6.61. The highest BCUT2D eigenvalue weighted by Gasteiger charge is 2.42. The van der Waals surface area contributed by atoms with Gasteiger partial charge in [0.1, 0.15) is 5.82 Å². The molecule has 2 aliphatic heterocycles. The molecule has 4 heterocycles. The first-order valence-corrected chi connectivity index (χ1v) is 11.8. The monoisotopic (exact) mass is 486 g/mol. The summed E-state index contributed by atoms with van der Waals surface area (Å²) in [7, 11) is 0. The van der Waals surface area contributed by atoms with Gasteiger partial charge in [-0.1, -0.05) is 6.07 Å². The maximum atomic E-state index is 13.7. The minimum atomic E-state index is -0.286. The SMILES string of the molecule is Cc1cc([C@H]2[C@H](c3ccccn3)NC(=S)N2c2ccc(F)cc2)c(C)n1-c1ccc2c(c1)OCO2. The summed E-state index contributed by atoms with van der Waals surface area (Å²) in [6.45, 7) is 4.42. The molecule has 0 spiro atoms. The van der Waals surface area contributed by atoms with Crippen LogP contribution in [0.4, 0.5) is 10.1 Å². The molecule has 1 saturated heterocycles. The first-order valence-electron chi connectivity index (χ1n) is 11.4. The van der Waals surface area contributed by atoms with Crippen LogP contribution in [-0.2, 0) is 0 Å². The number of hydrogen-bond donors (Lipinski definition) is 1. The number of rotatable bonds is 4. The Balaban J connectivity index is 1.50. The molecule has 4 aromatic rings. The zero-order chi connectivity index (χ0) is 24.1. The number of aryl methyl sites for hydroxylation is 1. The topological polar surface area (TPSA) is 51.6 Å². The van der Waals surface area contributed by atoms with Crippen molar-refractivity contribution in [3.8, 4) is 17.2 Å². The number of fused-ring (bicyclic) bond motifs is 1. The van der Waals surface area contributed by atoms with Gasteiger partial charge in [-0.25, -0.2) is 4.39 Å². The number of anilines is 1. The van der Waals surface area contributed by atoms with Crippen LogP contribution >= 0.6 is 12.2 Å². The van der Waals surface area contributed by atoms with Gasteiger partial charge in [-0.3, -0.25) is 4.98 Å². The van der Waals surface area contributed by atoms with Gasteiger partial charge in [-0.05, 0) is 86.2 Å². The maximum Gasteiger partial charge on any atom is 0.231 e. The van der Waals surface area contributed by atoms with Crippen molar-refractivity contribution in [2.75, 3.05) is 11.7 Å². The molecule has 2 aliphatic rings. The lowest BCUT2D eigenvalue weighted by Crippen LogP contribution is -2.29. The average molecular weight is 487 g/mol. The summed E-state index contributed by atoms with van der Waals surface area (Å²) in [5.41, 5.74) is 5.95. The third kappa shape index (κ3) is 3.61. The van der Waals surface area contributed by atoms with E-state index in [9.17, 15) is 4.39 Å². The normalized spacial score (nSPS) is 18.7. The molecular weight excluding hydrogens is 463 g/mol. The number of aromatic nitrogens is 2. The summed E-state index contributed by atoms with van der Waals surface area (Å²) in [5, 5.41) is 4.04. The van der Waals surface area contributed by atoms with Crippen molar-refractivity contribution in [3.05, 3.63) is 101 Å². The fraction of sp³-hybridized carbons (Fsp3) is 0.185. The van der Waals surface area contributed by atoms with Crippen molar-refractivity contribution in [1.29, 1.82) is 0 Å². The van der Waals surface area contributed by atoms with Crippen molar-refractivity contribution < 1.29 is 13.9 Å². The first-order chi connectivity index (χ1) is 17.0. The van der Waals surface area contributed by atoms with Gasteiger partial charge in [0, 0.05) is 35.0 Å². The Kier molecular flexibility index (Phi) is 5.18. The Hall–Kier alpha value is -3.91. The van der Waals surface area contributed by atoms with E-state index in [0.29, 0.717) is 5.11 Å². The molecule has 0 saturated carbocycles. The average Bonchev–Trinajstić information content (AvgIpc) is 3.55. The number of thiocarbonyl (C=S) groups is 1. The van der Waals surface area contributed by atoms with E-state index < -0.39 is 0 Å². The van der Waals surface area contributed by atoms with Gasteiger partial charge in [0.25, 0.3) is 0 Å². The summed E-state index contributed by atoms with van der Waals surface area (Å²) in [6.07, 6.45) is 1.79. The van der Waals surface area contributed by atoms with E-state index in [4.69, 9.17) is 21.7 Å². The molecular formula is C27H23FN4O2S. The lowest BCUT2D eigenvalue weighted by atomic mass is 9.96. The smallest absolute Gasteiger partial charge is 0.231 e. The van der Waals surface area contributed by atoms with Gasteiger partial charge >= 0.3 is 0 Å². The van der Waals surface area contributed by atoms with E-state index in [1.54, 1.807) is 18.3 Å². The lowest BCUT2D eigenvalue weighted by molar-refractivity contribution is 0.174. The number of benzene rings is 2. The molecule has 0 bridgehead atoms. The van der Waals surface area contributed by atoms with Gasteiger partial charge in [0.05, 0.1) is 17.8 Å². The fourth-order valence-corrected chi connectivity index (χ4v) is 5.41. The molecule has 6 nitrogen and oxygen atoms in total. The quantitative estimate of drug-likeness (QED) is 0.383. The van der Waals surface area contributed by atoms with Crippen LogP contribution in [0.1, 0.15) is 34.7 Å². The van der Waals surface area contributed by atoms with Crippen molar-refractivity contribution >= 4 is 23.0 Å². The summed E-state index contributed by atoms with van der Waals surface area (Å²) in [5.74, 6) is 1.20. The van der Waals surface area contributed by atoms with Gasteiger partial charge in [0.15, 0.2) is 16.6 Å². The minimum Gasteiger partial charge on any atom is -0.454 e. The van der Waals surface area contributed by atoms with E-state index in [1.165, 1.54) is 12.1 Å². The Morgan fingerprint density at radius 3 is 2.51 bits per heavy atom. The van der Waals surface area contributed by atoms with Crippen molar-refractivity contribution in [2.45, 2.75) is 25.9 Å². The second-order valence-corrected chi connectivity index (χ2v) is 9.06. The van der Waals surface area contributed by atoms with Crippen LogP contribution in [0.15, 0.2) is 72.9 Å². The molecule has 2 atom stereocenters. The molecule has 1 fully saturated rings. The predicted octanol–water partition coefficient (Wildman–Crippen LogP) is 5.53. The Morgan fingerprint density at radius 2 is 1.74 bits per heavy atom. The van der Waals surface area contributed by atoms with E-state index in [1.807, 2.05) is 36.4 Å². The summed E-state index contributed by atoms with van der Waals surface area (Å²) in [6, 6.07) is 20.1. The van der Waals surface area contributed by atoms with Crippen molar-refractivity contribution in [3.63, 3.8) is 0 Å². The van der Waals surface area contributed by atoms with Crippen LogP contribution in [0.3, 0.4) is 0 Å². The van der Waals surface area contributed by atoms with Crippen molar-refractivity contribution in [1.82, 2.24) is 14.9 Å². The largest absolute Gasteiger partial charge is 0.454 e. The molecule has 6 rings (SSSR count). The number of nitrogens with one attached hydrogen (secondary N) is 1. The number of nitrogens with zero attached hydrogens (tertiary/aromatic N) is 3. The highest BCUT2D eigenvalue weighted by atomic mass is 32.1. The van der Waals surface area contributed by atoms with Crippen LogP contribution in [0.5, 0.6) is 11.5 Å². The molecule has 35 heavy (non-hydrogen) atoms. The Morgan fingerprint density at radius 1 is 0.971 bits per heavy atom. The Labute approximate surface area is 207 Å². The summed E-state index contributed by atoms with van der Waals surface area (Å²) >= 11 is 5.80. The minimum absolute atomic E-state index is 0.181. The second-order valence-electron chi connectivity index (χ2n) is 8.67. The molecule has 2 aromatic heterocycles. The van der Waals surface area contributed by atoms with Crippen molar-refractivity contribution in [2.24, 2.45) is 0 Å². The van der Waals surface area contributed by atoms with Gasteiger partial charge in [0.2, 0.25) is 6.79 Å². The highest BCUT2D eigenvalue weighted by molar-refractivity contribution is 7.80. The zero-order valence-electron chi connectivity index (χ0n) is 19.2. The van der Waals surface area contributed by atoms with E-state index in [0.717, 1.165) is 45.5 Å². The van der Waals surface area contributed by atoms with Gasteiger partial charge in [-0.15, -0.1) is 0 Å². The molecule has 0 unspecified atom stereocenters. The highest BCUT2D eigenvalue weighted by Crippen LogP contribution is 2.44. The zero-order valence-corrected chi connectivity index (χ0v) is 20.1. The number of halogens is 1. The molecule has 176 valence electrons. The van der Waals surface area contributed by atoms with E-state index in [2.05, 4.69) is 39.7 Å². The van der Waals surface area contributed by atoms with Crippen LogP contribution in [0.2, 0.25) is 0 Å². The van der Waals surface area contributed by atoms with E-state index in [-0.39, 0.29) is 24.7 Å². The van der Waals surface area contributed by atoms with Gasteiger partial charge in [-0.2, -0.15) is 0 Å². The van der Waals surface area contributed by atoms with Gasteiger partial charge < -0.3 is 24.3 Å². The predicted molar refractivity (Wildman–Crippen MR) is 136 cm³/mol. The molecule has 0 aliphatic carbocycles. The Bertz CT molecular complexity index is 1420. The molecule has 8 heteroatoms. The standard InChI is InChI=1S/C27H23FN4O2S/c1-16-13-21(17(2)31(16)20-10-11-23-24(14-20)34-15-33-23)26-25(22-5-3-4-12-29-22)30-27(35)32(26)19-8-6-18(28)7-9-19/h3-14,25-26H,15H2,1-2H3,(H,30,35)/t25-,26-/m0/s1. The third-order valence-corrected chi connectivity index (χ3v) is 6.92. The second kappa shape index (κ2) is 8.39. The van der Waals surface area contributed by atoms with Crippen LogP contribution in [0.25, 0.3) is 5.69 Å².